The van der Waals surface area contributed by atoms with Crippen LogP contribution in [0.15, 0.2) is 60.8 Å². The summed E-state index contributed by atoms with van der Waals surface area (Å²) in [5.41, 5.74) is 7.31. The van der Waals surface area contributed by atoms with Crippen LogP contribution in [0.2, 0.25) is 0 Å². The maximum atomic E-state index is 13.7. The van der Waals surface area contributed by atoms with Crippen molar-refractivity contribution in [2.45, 2.75) is 13.1 Å². The van der Waals surface area contributed by atoms with E-state index < -0.39 is 29.0 Å². The quantitative estimate of drug-likeness (QED) is 0.407. The summed E-state index contributed by atoms with van der Waals surface area (Å²) < 4.78 is 52.6. The Morgan fingerprint density at radius 1 is 1.06 bits per heavy atom. The van der Waals surface area contributed by atoms with Crippen molar-refractivity contribution in [3.8, 4) is 11.1 Å². The minimum atomic E-state index is -4.77. The Labute approximate surface area is 179 Å². The first-order valence-electron chi connectivity index (χ1n) is 9.43. The molecule has 4 rings (SSSR count). The van der Waals surface area contributed by atoms with E-state index in [0.717, 1.165) is 22.6 Å². The highest BCUT2D eigenvalue weighted by molar-refractivity contribution is 6.05. The maximum Gasteiger partial charge on any atom is 0.416 e. The van der Waals surface area contributed by atoms with Gasteiger partial charge in [0, 0.05) is 22.8 Å². The number of aromatic nitrogens is 2. The van der Waals surface area contributed by atoms with Crippen molar-refractivity contribution in [1.82, 2.24) is 9.97 Å². The van der Waals surface area contributed by atoms with E-state index in [1.165, 1.54) is 0 Å². The van der Waals surface area contributed by atoms with Gasteiger partial charge >= 0.3 is 6.18 Å². The lowest BCUT2D eigenvalue weighted by molar-refractivity contribution is -0.137. The molecule has 3 aromatic carbocycles. The van der Waals surface area contributed by atoms with Gasteiger partial charge < -0.3 is 11.1 Å². The van der Waals surface area contributed by atoms with E-state index in [9.17, 15) is 22.4 Å². The smallest absolute Gasteiger partial charge is 0.368 e. The van der Waals surface area contributed by atoms with Crippen LogP contribution in [0.4, 0.5) is 29.2 Å². The summed E-state index contributed by atoms with van der Waals surface area (Å²) in [5.74, 6) is -1.83. The average molecular weight is 440 g/mol. The topological polar surface area (TPSA) is 80.9 Å². The summed E-state index contributed by atoms with van der Waals surface area (Å²) in [6.45, 7) is 1.77. The van der Waals surface area contributed by atoms with Crippen LogP contribution >= 0.6 is 0 Å². The third-order valence-electron chi connectivity index (χ3n) is 4.98. The number of nitrogen functional groups attached to an aromatic ring is 1. The average Bonchev–Trinajstić information content (AvgIpc) is 2.74. The molecule has 5 nitrogen and oxygen atoms in total. The summed E-state index contributed by atoms with van der Waals surface area (Å²) >= 11 is 0. The van der Waals surface area contributed by atoms with Crippen LogP contribution in [0.1, 0.15) is 21.5 Å². The normalized spacial score (nSPS) is 11.5. The number of hydrogen-bond donors (Lipinski definition) is 2. The molecule has 9 heteroatoms. The molecule has 0 unspecified atom stereocenters. The van der Waals surface area contributed by atoms with E-state index in [0.29, 0.717) is 28.9 Å². The highest BCUT2D eigenvalue weighted by Crippen LogP contribution is 2.32. The molecule has 1 amide bonds. The number of carbonyl (C=O) groups is 1. The highest BCUT2D eigenvalue weighted by Gasteiger charge is 2.32. The maximum absolute atomic E-state index is 13.7. The molecule has 0 spiro atoms. The van der Waals surface area contributed by atoms with Crippen LogP contribution in [-0.2, 0) is 6.18 Å². The number of nitrogens with two attached hydrogens (primary N) is 1. The van der Waals surface area contributed by atoms with E-state index in [1.54, 1.807) is 31.3 Å². The minimum Gasteiger partial charge on any atom is -0.368 e. The zero-order chi connectivity index (χ0) is 23.0. The van der Waals surface area contributed by atoms with Crippen molar-refractivity contribution >= 4 is 28.4 Å². The minimum absolute atomic E-state index is 0.164. The van der Waals surface area contributed by atoms with Crippen LogP contribution in [0.3, 0.4) is 0 Å². The number of nitrogens with zero attached hydrogens (tertiary/aromatic N) is 2. The van der Waals surface area contributed by atoms with Crippen LogP contribution in [0.25, 0.3) is 22.0 Å². The number of fused-ring (bicyclic) bond motifs is 1. The second kappa shape index (κ2) is 7.92. The zero-order valence-corrected chi connectivity index (χ0v) is 16.7. The Hall–Kier alpha value is -4.01. The lowest BCUT2D eigenvalue weighted by Crippen LogP contribution is -2.15. The Morgan fingerprint density at radius 2 is 1.84 bits per heavy atom. The van der Waals surface area contributed by atoms with Gasteiger partial charge in [-0.25, -0.2) is 14.4 Å². The molecule has 0 aliphatic rings. The summed E-state index contributed by atoms with van der Waals surface area (Å²) in [5, 5.41) is 3.34. The zero-order valence-electron chi connectivity index (χ0n) is 16.7. The lowest BCUT2D eigenvalue weighted by atomic mass is 9.98. The standard InChI is InChI=1S/C23H16F4N4O/c1-12-18(13-5-6-20-15(7-13)11-29-22(28)31-20)3-2-4-19(12)30-21(32)14-8-16(23(25,26)27)10-17(24)9-14/h2-11H,1H3,(H,30,32)(H2,28,29,31). The van der Waals surface area contributed by atoms with Gasteiger partial charge in [0.1, 0.15) is 5.82 Å². The fourth-order valence-electron chi connectivity index (χ4n) is 3.38. The molecule has 0 radical (unpaired) electrons. The van der Waals surface area contributed by atoms with Gasteiger partial charge in [-0.1, -0.05) is 18.2 Å². The predicted molar refractivity (Wildman–Crippen MR) is 113 cm³/mol. The molecule has 162 valence electrons. The van der Waals surface area contributed by atoms with Crippen LogP contribution in [-0.4, -0.2) is 15.9 Å². The van der Waals surface area contributed by atoms with Crippen molar-refractivity contribution in [1.29, 1.82) is 0 Å². The van der Waals surface area contributed by atoms with Gasteiger partial charge in [0.15, 0.2) is 0 Å². The molecule has 0 aliphatic carbocycles. The fourth-order valence-corrected chi connectivity index (χ4v) is 3.38. The largest absolute Gasteiger partial charge is 0.416 e. The molecule has 0 saturated carbocycles. The second-order valence-corrected chi connectivity index (χ2v) is 7.16. The number of amides is 1. The first-order chi connectivity index (χ1) is 15.1. The first kappa shape index (κ1) is 21.2. The number of halogens is 4. The molecule has 0 atom stereocenters. The summed E-state index contributed by atoms with van der Waals surface area (Å²) in [6.07, 6.45) is -3.16. The van der Waals surface area contributed by atoms with Crippen LogP contribution in [0.5, 0.6) is 0 Å². The van der Waals surface area contributed by atoms with Crippen molar-refractivity contribution < 1.29 is 22.4 Å². The molecule has 32 heavy (non-hydrogen) atoms. The van der Waals surface area contributed by atoms with E-state index in [1.807, 2.05) is 18.2 Å². The molecule has 0 aliphatic heterocycles. The van der Waals surface area contributed by atoms with Crippen molar-refractivity contribution in [2.75, 3.05) is 11.1 Å². The van der Waals surface area contributed by atoms with Gasteiger partial charge in [-0.3, -0.25) is 4.79 Å². The van der Waals surface area contributed by atoms with Gasteiger partial charge in [-0.15, -0.1) is 0 Å². The Kier molecular flexibility index (Phi) is 5.25. The van der Waals surface area contributed by atoms with Gasteiger partial charge in [0.2, 0.25) is 5.95 Å². The Bertz CT molecular complexity index is 1350. The third kappa shape index (κ3) is 4.22. The van der Waals surface area contributed by atoms with Crippen molar-refractivity contribution in [3.05, 3.63) is 83.3 Å². The van der Waals surface area contributed by atoms with E-state index in [-0.39, 0.29) is 5.95 Å². The van der Waals surface area contributed by atoms with Gasteiger partial charge in [-0.05, 0) is 60.0 Å². The van der Waals surface area contributed by atoms with Crippen LogP contribution < -0.4 is 11.1 Å². The van der Waals surface area contributed by atoms with Gasteiger partial charge in [0.05, 0.1) is 11.1 Å². The molecule has 1 aromatic heterocycles. The fraction of sp³-hybridized carbons (Fsp3) is 0.0870. The van der Waals surface area contributed by atoms with E-state index >= 15 is 0 Å². The second-order valence-electron chi connectivity index (χ2n) is 7.16. The molecule has 0 fully saturated rings. The van der Waals surface area contributed by atoms with Crippen molar-refractivity contribution in [3.63, 3.8) is 0 Å². The number of carbonyl (C=O) groups excluding carboxylic acids is 1. The molecule has 0 bridgehead atoms. The summed E-state index contributed by atoms with van der Waals surface area (Å²) in [4.78, 5) is 20.7. The molecule has 1 heterocycles. The van der Waals surface area contributed by atoms with Gasteiger partial charge in [-0.2, -0.15) is 13.2 Å². The lowest BCUT2D eigenvalue weighted by Gasteiger charge is -2.14. The van der Waals surface area contributed by atoms with Crippen molar-refractivity contribution in [2.24, 2.45) is 0 Å². The first-order valence-corrected chi connectivity index (χ1v) is 9.43. The number of benzene rings is 3. The van der Waals surface area contributed by atoms with Crippen LogP contribution in [0, 0.1) is 12.7 Å². The number of alkyl halides is 3. The number of hydrogen-bond acceptors (Lipinski definition) is 4. The van der Waals surface area contributed by atoms with E-state index in [2.05, 4.69) is 15.3 Å². The molecular formula is C23H16F4N4O. The SMILES string of the molecule is Cc1c(NC(=O)c2cc(F)cc(C(F)(F)F)c2)cccc1-c1ccc2nc(N)ncc2c1. The number of anilines is 2. The molecule has 4 aromatic rings. The highest BCUT2D eigenvalue weighted by atomic mass is 19.4. The Morgan fingerprint density at radius 3 is 2.59 bits per heavy atom. The Balaban J connectivity index is 1.67. The summed E-state index contributed by atoms with van der Waals surface area (Å²) in [7, 11) is 0. The molecule has 0 saturated heterocycles. The predicted octanol–water partition coefficient (Wildman–Crippen LogP) is 5.60. The van der Waals surface area contributed by atoms with Gasteiger partial charge in [0.25, 0.3) is 5.91 Å². The monoisotopic (exact) mass is 440 g/mol. The number of rotatable bonds is 3. The molecule has 3 N–H and O–H groups in total. The summed E-state index contributed by atoms with van der Waals surface area (Å²) in [6, 6.07) is 12.4. The number of nitrogens with one attached hydrogen (secondary N) is 1. The molecular weight excluding hydrogens is 424 g/mol. The van der Waals surface area contributed by atoms with E-state index in [4.69, 9.17) is 5.73 Å². The third-order valence-corrected chi connectivity index (χ3v) is 4.98.